The van der Waals surface area contributed by atoms with Crippen molar-refractivity contribution < 1.29 is 9.90 Å². The van der Waals surface area contributed by atoms with Crippen LogP contribution in [0.3, 0.4) is 0 Å². The summed E-state index contributed by atoms with van der Waals surface area (Å²) in [5, 5.41) is 10.2. The maximum Gasteiger partial charge on any atom is 0.355 e. The minimum atomic E-state index is -0.867. The molecular weight excluding hydrogens is 234 g/mol. The molecule has 2 unspecified atom stereocenters. The summed E-state index contributed by atoms with van der Waals surface area (Å²) in [5.74, 6) is 0.263. The predicted molar refractivity (Wildman–Crippen MR) is 68.8 cm³/mol. The van der Waals surface area contributed by atoms with Crippen molar-refractivity contribution in [2.24, 2.45) is 5.92 Å². The summed E-state index contributed by atoms with van der Waals surface area (Å²) in [6, 6.07) is 0. The van der Waals surface area contributed by atoms with Crippen LogP contribution in [0.2, 0.25) is 0 Å². The van der Waals surface area contributed by atoms with Crippen LogP contribution in [0.4, 0.5) is 0 Å². The van der Waals surface area contributed by atoms with Crippen LogP contribution in [-0.2, 0) is 6.42 Å². The average Bonchev–Trinajstić information content (AvgIpc) is 2.73. The van der Waals surface area contributed by atoms with Gasteiger partial charge in [0, 0.05) is 4.88 Å². The van der Waals surface area contributed by atoms with Gasteiger partial charge in [-0.1, -0.05) is 26.7 Å². The highest BCUT2D eigenvalue weighted by molar-refractivity contribution is 7.12. The second kappa shape index (κ2) is 5.17. The number of aromatic nitrogens is 1. The molecule has 1 fully saturated rings. The average molecular weight is 253 g/mol. The first kappa shape index (κ1) is 12.6. The quantitative estimate of drug-likeness (QED) is 0.893. The van der Waals surface area contributed by atoms with Crippen molar-refractivity contribution in [1.82, 2.24) is 4.98 Å². The van der Waals surface area contributed by atoms with E-state index < -0.39 is 5.97 Å². The van der Waals surface area contributed by atoms with Crippen molar-refractivity contribution in [3.8, 4) is 0 Å². The zero-order chi connectivity index (χ0) is 12.4. The maximum atomic E-state index is 11.2. The van der Waals surface area contributed by atoms with Gasteiger partial charge in [-0.05, 0) is 31.1 Å². The second-order valence-corrected chi connectivity index (χ2v) is 6.06. The summed E-state index contributed by atoms with van der Waals surface area (Å²) in [7, 11) is 0. The Hall–Kier alpha value is -0.900. The van der Waals surface area contributed by atoms with E-state index in [1.807, 2.05) is 6.92 Å². The molecule has 0 amide bonds. The lowest BCUT2D eigenvalue weighted by Gasteiger charge is -2.25. The van der Waals surface area contributed by atoms with Crippen LogP contribution in [0.25, 0.3) is 0 Å². The third-order valence-electron chi connectivity index (χ3n) is 3.51. The molecule has 1 N–H and O–H groups in total. The van der Waals surface area contributed by atoms with Crippen LogP contribution in [0.15, 0.2) is 0 Å². The minimum absolute atomic E-state index is 0.311. The van der Waals surface area contributed by atoms with Crippen LogP contribution >= 0.6 is 11.3 Å². The van der Waals surface area contributed by atoms with Crippen LogP contribution in [0, 0.1) is 5.92 Å². The zero-order valence-corrected chi connectivity index (χ0v) is 11.2. The Bertz CT molecular complexity index is 414. The van der Waals surface area contributed by atoms with Crippen molar-refractivity contribution in [3.05, 3.63) is 15.6 Å². The van der Waals surface area contributed by atoms with Crippen LogP contribution in [0.5, 0.6) is 0 Å². The number of hydrogen-bond acceptors (Lipinski definition) is 3. The third kappa shape index (κ3) is 2.68. The monoisotopic (exact) mass is 253 g/mol. The lowest BCUT2D eigenvalue weighted by molar-refractivity contribution is 0.0689. The SMILES string of the molecule is CCc1nc(C(=O)O)c(C2CCCC(C)C2)s1. The fourth-order valence-electron chi connectivity index (χ4n) is 2.63. The van der Waals surface area contributed by atoms with Gasteiger partial charge in [0.05, 0.1) is 5.01 Å². The lowest BCUT2D eigenvalue weighted by atomic mass is 9.81. The number of rotatable bonds is 3. The molecule has 4 heteroatoms. The number of nitrogens with zero attached hydrogens (tertiary/aromatic N) is 1. The summed E-state index contributed by atoms with van der Waals surface area (Å²) in [6.45, 7) is 4.28. The van der Waals surface area contributed by atoms with Crippen LogP contribution < -0.4 is 0 Å². The Morgan fingerprint density at radius 3 is 2.88 bits per heavy atom. The molecule has 94 valence electrons. The number of carboxylic acids is 1. The molecule has 1 aliphatic carbocycles. The lowest BCUT2D eigenvalue weighted by Crippen LogP contribution is -2.13. The molecule has 1 aromatic rings. The molecule has 0 bridgehead atoms. The molecule has 3 nitrogen and oxygen atoms in total. The molecule has 0 saturated heterocycles. The van der Waals surface area contributed by atoms with E-state index in [1.54, 1.807) is 11.3 Å². The van der Waals surface area contributed by atoms with Gasteiger partial charge in [-0.2, -0.15) is 0 Å². The highest BCUT2D eigenvalue weighted by Gasteiger charge is 2.27. The van der Waals surface area contributed by atoms with Crippen molar-refractivity contribution >= 4 is 17.3 Å². The molecule has 1 aromatic heterocycles. The molecule has 0 aliphatic heterocycles. The van der Waals surface area contributed by atoms with E-state index in [0.29, 0.717) is 17.5 Å². The van der Waals surface area contributed by atoms with Crippen LogP contribution in [-0.4, -0.2) is 16.1 Å². The van der Waals surface area contributed by atoms with E-state index in [-0.39, 0.29) is 0 Å². The summed E-state index contributed by atoms with van der Waals surface area (Å²) < 4.78 is 0. The number of hydrogen-bond donors (Lipinski definition) is 1. The Kier molecular flexibility index (Phi) is 3.82. The molecule has 0 radical (unpaired) electrons. The van der Waals surface area contributed by atoms with Crippen LogP contribution in [0.1, 0.15) is 65.8 Å². The van der Waals surface area contributed by atoms with Gasteiger partial charge < -0.3 is 5.11 Å². The van der Waals surface area contributed by atoms with Crippen molar-refractivity contribution in [3.63, 3.8) is 0 Å². The molecule has 1 heterocycles. The minimum Gasteiger partial charge on any atom is -0.476 e. The fraction of sp³-hybridized carbons (Fsp3) is 0.692. The van der Waals surface area contributed by atoms with Gasteiger partial charge >= 0.3 is 5.97 Å². The molecule has 17 heavy (non-hydrogen) atoms. The number of aromatic carboxylic acids is 1. The van der Waals surface area contributed by atoms with Crippen molar-refractivity contribution in [1.29, 1.82) is 0 Å². The molecule has 1 saturated carbocycles. The number of carboxylic acid groups (broad SMARTS) is 1. The third-order valence-corrected chi connectivity index (χ3v) is 4.87. The van der Waals surface area contributed by atoms with Gasteiger partial charge in [0.2, 0.25) is 0 Å². The molecule has 0 aromatic carbocycles. The Labute approximate surface area is 106 Å². The van der Waals surface area contributed by atoms with Gasteiger partial charge in [-0.3, -0.25) is 0 Å². The maximum absolute atomic E-state index is 11.2. The fourth-order valence-corrected chi connectivity index (χ4v) is 3.78. The first-order valence-corrected chi connectivity index (χ1v) is 7.16. The second-order valence-electron chi connectivity index (χ2n) is 4.95. The topological polar surface area (TPSA) is 50.2 Å². The van der Waals surface area contributed by atoms with Crippen molar-refractivity contribution in [2.45, 2.75) is 51.9 Å². The summed E-state index contributed by atoms with van der Waals surface area (Å²) in [5.41, 5.74) is 0.311. The van der Waals surface area contributed by atoms with Gasteiger partial charge in [0.15, 0.2) is 5.69 Å². The molecule has 2 rings (SSSR count). The van der Waals surface area contributed by atoms with E-state index in [9.17, 15) is 9.90 Å². The van der Waals surface area contributed by atoms with E-state index in [4.69, 9.17) is 0 Å². The highest BCUT2D eigenvalue weighted by Crippen LogP contribution is 2.40. The largest absolute Gasteiger partial charge is 0.476 e. The number of aryl methyl sites for hydroxylation is 1. The molecular formula is C13H19NO2S. The molecule has 1 aliphatic rings. The zero-order valence-electron chi connectivity index (χ0n) is 10.4. The Morgan fingerprint density at radius 2 is 2.29 bits per heavy atom. The Balaban J connectivity index is 2.29. The number of thiazole rings is 1. The Morgan fingerprint density at radius 1 is 1.53 bits per heavy atom. The predicted octanol–water partition coefficient (Wildman–Crippen LogP) is 3.70. The summed E-state index contributed by atoms with van der Waals surface area (Å²) in [4.78, 5) is 16.5. The van der Waals surface area contributed by atoms with Gasteiger partial charge in [-0.25, -0.2) is 9.78 Å². The normalized spacial score (nSPS) is 24.8. The van der Waals surface area contributed by atoms with E-state index in [0.717, 1.165) is 29.1 Å². The highest BCUT2D eigenvalue weighted by atomic mass is 32.1. The summed E-state index contributed by atoms with van der Waals surface area (Å²) >= 11 is 1.60. The molecule has 2 atom stereocenters. The first-order chi connectivity index (χ1) is 8.11. The van der Waals surface area contributed by atoms with Gasteiger partial charge in [0.25, 0.3) is 0 Å². The van der Waals surface area contributed by atoms with E-state index in [2.05, 4.69) is 11.9 Å². The van der Waals surface area contributed by atoms with E-state index >= 15 is 0 Å². The van der Waals surface area contributed by atoms with E-state index in [1.165, 1.54) is 12.8 Å². The van der Waals surface area contributed by atoms with Crippen molar-refractivity contribution in [2.75, 3.05) is 0 Å². The molecule has 0 spiro atoms. The standard InChI is InChI=1S/C13H19NO2S/c1-3-10-14-11(13(15)16)12(17-10)9-6-4-5-8(2)7-9/h8-9H,3-7H2,1-2H3,(H,15,16). The summed E-state index contributed by atoms with van der Waals surface area (Å²) in [6.07, 6.45) is 5.55. The van der Waals surface area contributed by atoms with Gasteiger partial charge in [0.1, 0.15) is 0 Å². The van der Waals surface area contributed by atoms with Gasteiger partial charge in [-0.15, -0.1) is 11.3 Å². The smallest absolute Gasteiger partial charge is 0.355 e. The number of carbonyl (C=O) groups is 1. The first-order valence-electron chi connectivity index (χ1n) is 6.34.